The summed E-state index contributed by atoms with van der Waals surface area (Å²) in [5.74, 6) is 0. The van der Waals surface area contributed by atoms with E-state index in [1.54, 1.807) is 6.92 Å². The summed E-state index contributed by atoms with van der Waals surface area (Å²) in [6.07, 6.45) is 5.74. The number of aliphatic hydroxyl groups is 1. The molecule has 0 fully saturated rings. The summed E-state index contributed by atoms with van der Waals surface area (Å²) in [5, 5.41) is 9.41. The van der Waals surface area contributed by atoms with E-state index >= 15 is 0 Å². The summed E-state index contributed by atoms with van der Waals surface area (Å²) in [5.41, 5.74) is 0. The molecule has 0 radical (unpaired) electrons. The normalized spacial score (nSPS) is 16.4. The van der Waals surface area contributed by atoms with E-state index in [-0.39, 0.29) is 6.23 Å². The summed E-state index contributed by atoms with van der Waals surface area (Å²) in [6.45, 7) is 8.13. The molecule has 12 heavy (non-hydrogen) atoms. The topological polar surface area (TPSA) is 23.5 Å². The molecule has 0 amide bonds. The second-order valence-corrected chi connectivity index (χ2v) is 3.13. The van der Waals surface area contributed by atoms with Crippen LogP contribution >= 0.6 is 0 Å². The minimum absolute atomic E-state index is 0.386. The van der Waals surface area contributed by atoms with Crippen LogP contribution in [0.25, 0.3) is 0 Å². The first-order valence-electron chi connectivity index (χ1n) is 4.75. The van der Waals surface area contributed by atoms with E-state index in [1.165, 1.54) is 0 Å². The minimum atomic E-state index is -0.386. The molecule has 2 atom stereocenters. The van der Waals surface area contributed by atoms with Crippen LogP contribution in [0.3, 0.4) is 0 Å². The smallest absolute Gasteiger partial charge is 0.123 e. The van der Waals surface area contributed by atoms with Crippen molar-refractivity contribution in [3.63, 3.8) is 0 Å². The van der Waals surface area contributed by atoms with E-state index in [0.717, 1.165) is 12.8 Å². The van der Waals surface area contributed by atoms with Gasteiger partial charge < -0.3 is 10.0 Å². The zero-order valence-corrected chi connectivity index (χ0v) is 8.62. The quantitative estimate of drug-likeness (QED) is 0.642. The lowest BCUT2D eigenvalue weighted by Crippen LogP contribution is -2.35. The molecular formula is C10H21NO. The maximum atomic E-state index is 9.41. The number of hydrogen-bond acceptors (Lipinski definition) is 2. The van der Waals surface area contributed by atoms with Gasteiger partial charge >= 0.3 is 0 Å². The van der Waals surface area contributed by atoms with E-state index in [2.05, 4.69) is 26.8 Å². The van der Waals surface area contributed by atoms with Crippen molar-refractivity contribution in [1.29, 1.82) is 0 Å². The number of allylic oxidation sites excluding steroid dienone is 1. The van der Waals surface area contributed by atoms with Gasteiger partial charge in [-0.2, -0.15) is 0 Å². The van der Waals surface area contributed by atoms with Gasteiger partial charge in [0.2, 0.25) is 0 Å². The van der Waals surface area contributed by atoms with Crippen LogP contribution in [0.1, 0.15) is 40.5 Å². The number of rotatable bonds is 5. The summed E-state index contributed by atoms with van der Waals surface area (Å²) in [4.78, 5) is 1.98. The van der Waals surface area contributed by atoms with Gasteiger partial charge in [0.05, 0.1) is 0 Å². The third kappa shape index (κ3) is 3.77. The van der Waals surface area contributed by atoms with Gasteiger partial charge in [0.15, 0.2) is 0 Å². The van der Waals surface area contributed by atoms with Gasteiger partial charge in [-0.1, -0.05) is 19.9 Å². The molecule has 0 aliphatic rings. The van der Waals surface area contributed by atoms with Gasteiger partial charge in [0.25, 0.3) is 0 Å². The molecule has 0 spiro atoms. The Morgan fingerprint density at radius 2 is 1.92 bits per heavy atom. The number of nitrogens with zero attached hydrogens (tertiary/aromatic N) is 1. The highest BCUT2D eigenvalue weighted by Crippen LogP contribution is 2.07. The summed E-state index contributed by atoms with van der Waals surface area (Å²) in [7, 11) is 0. The van der Waals surface area contributed by atoms with Gasteiger partial charge in [-0.3, -0.25) is 0 Å². The number of hydrogen-bond donors (Lipinski definition) is 1. The Hall–Kier alpha value is -0.500. The minimum Gasteiger partial charge on any atom is -0.374 e. The fourth-order valence-electron chi connectivity index (χ4n) is 1.08. The van der Waals surface area contributed by atoms with Crippen LogP contribution in [0.15, 0.2) is 12.3 Å². The van der Waals surface area contributed by atoms with Crippen LogP contribution in [-0.2, 0) is 0 Å². The first-order chi connectivity index (χ1) is 5.63. The first kappa shape index (κ1) is 11.5. The van der Waals surface area contributed by atoms with E-state index in [9.17, 15) is 5.11 Å². The van der Waals surface area contributed by atoms with E-state index < -0.39 is 0 Å². The average molecular weight is 171 g/mol. The predicted octanol–water partition coefficient (Wildman–Crippen LogP) is 2.35. The van der Waals surface area contributed by atoms with Crippen molar-refractivity contribution >= 4 is 0 Å². The summed E-state index contributed by atoms with van der Waals surface area (Å²) < 4.78 is 0. The molecule has 2 unspecified atom stereocenters. The monoisotopic (exact) mass is 171 g/mol. The lowest BCUT2D eigenvalue weighted by molar-refractivity contribution is 0.0291. The third-order valence-corrected chi connectivity index (χ3v) is 2.04. The number of aliphatic hydroxyl groups excluding tert-OH is 1. The zero-order valence-electron chi connectivity index (χ0n) is 8.62. The molecule has 0 rings (SSSR count). The highest BCUT2D eigenvalue weighted by molar-refractivity contribution is 4.84. The van der Waals surface area contributed by atoms with Crippen molar-refractivity contribution in [3.05, 3.63) is 12.3 Å². The average Bonchev–Trinajstić information content (AvgIpc) is 2.04. The molecule has 0 saturated carbocycles. The van der Waals surface area contributed by atoms with E-state index in [0.29, 0.717) is 6.04 Å². The molecule has 0 aromatic rings. The Morgan fingerprint density at radius 3 is 2.25 bits per heavy atom. The lowest BCUT2D eigenvalue weighted by Gasteiger charge is -2.29. The molecule has 0 aromatic carbocycles. The molecule has 1 N–H and O–H groups in total. The van der Waals surface area contributed by atoms with Crippen LogP contribution in [-0.4, -0.2) is 22.3 Å². The molecule has 0 saturated heterocycles. The van der Waals surface area contributed by atoms with Gasteiger partial charge in [-0.15, -0.1) is 0 Å². The second-order valence-electron chi connectivity index (χ2n) is 3.13. The third-order valence-electron chi connectivity index (χ3n) is 2.04. The van der Waals surface area contributed by atoms with Crippen molar-refractivity contribution in [2.75, 3.05) is 0 Å². The first-order valence-corrected chi connectivity index (χ1v) is 4.75. The molecule has 72 valence electrons. The molecule has 0 heterocycles. The predicted molar refractivity (Wildman–Crippen MR) is 52.7 cm³/mol. The summed E-state index contributed by atoms with van der Waals surface area (Å²) in [6, 6.07) is 0.410. The van der Waals surface area contributed by atoms with Crippen molar-refractivity contribution in [2.24, 2.45) is 0 Å². The lowest BCUT2D eigenvalue weighted by atomic mass is 10.2. The Kier molecular flexibility index (Phi) is 5.81. The van der Waals surface area contributed by atoms with E-state index in [4.69, 9.17) is 0 Å². The van der Waals surface area contributed by atoms with Crippen molar-refractivity contribution in [1.82, 2.24) is 4.90 Å². The fourth-order valence-corrected chi connectivity index (χ4v) is 1.08. The molecule has 0 bridgehead atoms. The molecule has 0 aromatic heterocycles. The molecule has 0 aliphatic heterocycles. The molecule has 2 heteroatoms. The summed E-state index contributed by atoms with van der Waals surface area (Å²) >= 11 is 0. The van der Waals surface area contributed by atoms with Gasteiger partial charge in [0, 0.05) is 6.04 Å². The van der Waals surface area contributed by atoms with Crippen LogP contribution < -0.4 is 0 Å². The van der Waals surface area contributed by atoms with E-state index in [1.807, 2.05) is 11.1 Å². The second kappa shape index (κ2) is 6.06. The maximum Gasteiger partial charge on any atom is 0.123 e. The van der Waals surface area contributed by atoms with Crippen LogP contribution in [0, 0.1) is 0 Å². The zero-order chi connectivity index (χ0) is 9.56. The molecular weight excluding hydrogens is 150 g/mol. The Balaban J connectivity index is 4.12. The standard InChI is InChI=1S/C10H21NO/c1-5-7-8-11(10(4)12)9(3)6-2/h7-10,12H,5-6H2,1-4H3/b8-7-. The maximum absolute atomic E-state index is 9.41. The molecule has 0 aliphatic carbocycles. The fraction of sp³-hybridized carbons (Fsp3) is 0.800. The van der Waals surface area contributed by atoms with Crippen LogP contribution in [0.4, 0.5) is 0 Å². The van der Waals surface area contributed by atoms with Gasteiger partial charge in [-0.05, 0) is 32.9 Å². The van der Waals surface area contributed by atoms with Gasteiger partial charge in [0.1, 0.15) is 6.23 Å². The Labute approximate surface area is 75.9 Å². The van der Waals surface area contributed by atoms with Crippen molar-refractivity contribution in [2.45, 2.75) is 52.8 Å². The Bertz CT molecular complexity index is 132. The highest BCUT2D eigenvalue weighted by Gasteiger charge is 2.11. The van der Waals surface area contributed by atoms with Crippen molar-refractivity contribution in [3.8, 4) is 0 Å². The highest BCUT2D eigenvalue weighted by atomic mass is 16.3. The van der Waals surface area contributed by atoms with Crippen LogP contribution in [0.5, 0.6) is 0 Å². The van der Waals surface area contributed by atoms with Gasteiger partial charge in [-0.25, -0.2) is 0 Å². The largest absolute Gasteiger partial charge is 0.374 e. The van der Waals surface area contributed by atoms with Crippen LogP contribution in [0.2, 0.25) is 0 Å². The Morgan fingerprint density at radius 1 is 1.33 bits per heavy atom. The SMILES string of the molecule is CC/C=C\N(C(C)O)C(C)CC. The van der Waals surface area contributed by atoms with Crippen molar-refractivity contribution < 1.29 is 5.11 Å². The molecule has 2 nitrogen and oxygen atoms in total.